The van der Waals surface area contributed by atoms with Crippen LogP contribution >= 0.6 is 11.3 Å². The third-order valence-electron chi connectivity index (χ3n) is 3.27. The Morgan fingerprint density at radius 1 is 1.29 bits per heavy atom. The molecule has 1 fully saturated rings. The lowest BCUT2D eigenvalue weighted by atomic mass is 10.1. The van der Waals surface area contributed by atoms with Crippen LogP contribution in [0.1, 0.15) is 37.5 Å². The summed E-state index contributed by atoms with van der Waals surface area (Å²) < 4.78 is 0. The van der Waals surface area contributed by atoms with Crippen LogP contribution in [0, 0.1) is 0 Å². The fraction of sp³-hybridized carbons (Fsp3) is 0.462. The van der Waals surface area contributed by atoms with E-state index >= 15 is 0 Å². The van der Waals surface area contributed by atoms with Crippen LogP contribution in [0.4, 0.5) is 0 Å². The molecule has 2 N–H and O–H groups in total. The molecule has 0 aromatic carbocycles. The van der Waals surface area contributed by atoms with Crippen molar-refractivity contribution in [2.75, 3.05) is 6.54 Å². The largest absolute Gasteiger partial charge is 0.340 e. The number of nitrogens with one attached hydrogen (secondary N) is 2. The summed E-state index contributed by atoms with van der Waals surface area (Å²) in [7, 11) is 0. The molecule has 1 aliphatic heterocycles. The number of nitrogens with zero attached hydrogens (tertiary/aromatic N) is 1. The zero-order valence-electron chi connectivity index (χ0n) is 9.78. The maximum Gasteiger partial charge on any atom is 0.123 e. The van der Waals surface area contributed by atoms with Crippen molar-refractivity contribution in [3.63, 3.8) is 0 Å². The monoisotopic (exact) mass is 247 g/mol. The maximum absolute atomic E-state index is 4.53. The highest BCUT2D eigenvalue weighted by Crippen LogP contribution is 2.26. The molecular formula is C13H17N3S. The molecular weight excluding hydrogens is 230 g/mol. The second-order valence-corrected chi connectivity index (χ2v) is 5.46. The van der Waals surface area contributed by atoms with Crippen LogP contribution in [-0.2, 0) is 0 Å². The van der Waals surface area contributed by atoms with Crippen LogP contribution in [0.25, 0.3) is 10.6 Å². The van der Waals surface area contributed by atoms with Crippen molar-refractivity contribution in [1.82, 2.24) is 15.3 Å². The molecule has 0 aliphatic carbocycles. The van der Waals surface area contributed by atoms with Gasteiger partial charge in [-0.05, 0) is 30.8 Å². The quantitative estimate of drug-likeness (QED) is 0.854. The van der Waals surface area contributed by atoms with Gasteiger partial charge in [-0.1, -0.05) is 18.9 Å². The van der Waals surface area contributed by atoms with Gasteiger partial charge in [-0.2, -0.15) is 0 Å². The minimum Gasteiger partial charge on any atom is -0.340 e. The molecule has 17 heavy (non-hydrogen) atoms. The third kappa shape index (κ3) is 2.42. The Balaban J connectivity index is 1.79. The van der Waals surface area contributed by atoms with Gasteiger partial charge in [0, 0.05) is 0 Å². The van der Waals surface area contributed by atoms with Crippen LogP contribution in [0.2, 0.25) is 0 Å². The van der Waals surface area contributed by atoms with E-state index in [1.54, 1.807) is 11.3 Å². The molecule has 90 valence electrons. The molecule has 4 heteroatoms. The lowest BCUT2D eigenvalue weighted by Crippen LogP contribution is -2.21. The Morgan fingerprint density at radius 3 is 3.18 bits per heavy atom. The van der Waals surface area contributed by atoms with Crippen molar-refractivity contribution in [3.8, 4) is 10.6 Å². The minimum atomic E-state index is 0.409. The van der Waals surface area contributed by atoms with E-state index in [1.807, 2.05) is 6.20 Å². The fourth-order valence-corrected chi connectivity index (χ4v) is 3.02. The van der Waals surface area contributed by atoms with Crippen molar-refractivity contribution < 1.29 is 0 Å². The second kappa shape index (κ2) is 5.02. The number of imidazole rings is 1. The van der Waals surface area contributed by atoms with E-state index in [-0.39, 0.29) is 0 Å². The molecule has 2 aromatic rings. The fourth-order valence-electron chi connectivity index (χ4n) is 2.33. The smallest absolute Gasteiger partial charge is 0.123 e. The Labute approximate surface area is 105 Å². The van der Waals surface area contributed by atoms with Gasteiger partial charge in [0.25, 0.3) is 0 Å². The van der Waals surface area contributed by atoms with Gasteiger partial charge in [0.15, 0.2) is 0 Å². The van der Waals surface area contributed by atoms with Gasteiger partial charge < -0.3 is 10.3 Å². The van der Waals surface area contributed by atoms with Crippen LogP contribution in [0.15, 0.2) is 23.7 Å². The molecule has 0 spiro atoms. The summed E-state index contributed by atoms with van der Waals surface area (Å²) in [4.78, 5) is 9.24. The lowest BCUT2D eigenvalue weighted by Gasteiger charge is -2.12. The van der Waals surface area contributed by atoms with Crippen LogP contribution in [-0.4, -0.2) is 16.5 Å². The van der Waals surface area contributed by atoms with Crippen molar-refractivity contribution >= 4 is 11.3 Å². The standard InChI is InChI=1S/C13H17N3S/c1-2-5-10(14-7-3-1)13-15-9-11(16-13)12-6-4-8-17-12/h4,6,8-10,14H,1-3,5,7H2,(H,15,16). The summed E-state index contributed by atoms with van der Waals surface area (Å²) >= 11 is 1.75. The number of thiophene rings is 1. The Kier molecular flexibility index (Phi) is 3.25. The molecule has 2 aromatic heterocycles. The van der Waals surface area contributed by atoms with E-state index in [0.717, 1.165) is 18.1 Å². The van der Waals surface area contributed by atoms with Gasteiger partial charge in [-0.3, -0.25) is 0 Å². The number of aromatic amines is 1. The minimum absolute atomic E-state index is 0.409. The Hall–Kier alpha value is -1.13. The van der Waals surface area contributed by atoms with Crippen molar-refractivity contribution in [3.05, 3.63) is 29.5 Å². The maximum atomic E-state index is 4.53. The normalized spacial score (nSPS) is 21.3. The molecule has 1 atom stereocenters. The average Bonchev–Trinajstić information content (AvgIpc) is 2.95. The van der Waals surface area contributed by atoms with E-state index in [9.17, 15) is 0 Å². The van der Waals surface area contributed by atoms with Gasteiger partial charge in [0.1, 0.15) is 5.82 Å². The number of hydrogen-bond donors (Lipinski definition) is 2. The topological polar surface area (TPSA) is 40.7 Å². The van der Waals surface area contributed by atoms with Gasteiger partial charge in [-0.15, -0.1) is 11.3 Å². The molecule has 0 radical (unpaired) electrons. The van der Waals surface area contributed by atoms with Crippen LogP contribution < -0.4 is 5.32 Å². The molecule has 1 saturated heterocycles. The first-order valence-corrected chi connectivity index (χ1v) is 7.13. The summed E-state index contributed by atoms with van der Waals surface area (Å²) in [5.74, 6) is 1.09. The zero-order valence-corrected chi connectivity index (χ0v) is 10.6. The molecule has 0 saturated carbocycles. The van der Waals surface area contributed by atoms with E-state index in [0.29, 0.717) is 6.04 Å². The van der Waals surface area contributed by atoms with E-state index in [1.165, 1.54) is 30.6 Å². The van der Waals surface area contributed by atoms with Crippen LogP contribution in [0.3, 0.4) is 0 Å². The summed E-state index contributed by atoms with van der Waals surface area (Å²) in [6.45, 7) is 1.11. The molecule has 3 rings (SSSR count). The SMILES string of the molecule is c1csc(-c2cnc(C3CCCCCN3)[nH]2)c1. The van der Waals surface area contributed by atoms with E-state index in [2.05, 4.69) is 32.8 Å². The molecule has 1 unspecified atom stereocenters. The highest BCUT2D eigenvalue weighted by Gasteiger charge is 2.16. The van der Waals surface area contributed by atoms with E-state index < -0.39 is 0 Å². The lowest BCUT2D eigenvalue weighted by molar-refractivity contribution is 0.512. The number of hydrogen-bond acceptors (Lipinski definition) is 3. The predicted octanol–water partition coefficient (Wildman–Crippen LogP) is 3.34. The first-order valence-electron chi connectivity index (χ1n) is 6.25. The second-order valence-electron chi connectivity index (χ2n) is 4.52. The van der Waals surface area contributed by atoms with Crippen molar-refractivity contribution in [2.24, 2.45) is 0 Å². The molecule has 3 nitrogen and oxygen atoms in total. The average molecular weight is 247 g/mol. The van der Waals surface area contributed by atoms with Gasteiger partial charge in [0.05, 0.1) is 22.8 Å². The Morgan fingerprint density at radius 2 is 2.29 bits per heavy atom. The first kappa shape index (κ1) is 11.0. The third-order valence-corrected chi connectivity index (χ3v) is 4.18. The first-order chi connectivity index (χ1) is 8.43. The molecule has 0 amide bonds. The number of rotatable bonds is 2. The summed E-state index contributed by atoms with van der Waals surface area (Å²) in [5.41, 5.74) is 1.14. The molecule has 3 heterocycles. The van der Waals surface area contributed by atoms with Crippen LogP contribution in [0.5, 0.6) is 0 Å². The molecule has 0 bridgehead atoms. The highest BCUT2D eigenvalue weighted by atomic mass is 32.1. The number of H-pyrrole nitrogens is 1. The zero-order chi connectivity index (χ0) is 11.5. The summed E-state index contributed by atoms with van der Waals surface area (Å²) in [6, 6.07) is 4.61. The van der Waals surface area contributed by atoms with Crippen molar-refractivity contribution in [1.29, 1.82) is 0 Å². The summed E-state index contributed by atoms with van der Waals surface area (Å²) in [6.07, 6.45) is 7.06. The van der Waals surface area contributed by atoms with Gasteiger partial charge in [0.2, 0.25) is 0 Å². The van der Waals surface area contributed by atoms with Crippen molar-refractivity contribution in [2.45, 2.75) is 31.7 Å². The van der Waals surface area contributed by atoms with E-state index in [4.69, 9.17) is 0 Å². The Bertz CT molecular complexity index is 453. The van der Waals surface area contributed by atoms with Gasteiger partial charge in [-0.25, -0.2) is 4.98 Å². The molecule has 1 aliphatic rings. The van der Waals surface area contributed by atoms with Gasteiger partial charge >= 0.3 is 0 Å². The summed E-state index contributed by atoms with van der Waals surface area (Å²) in [5, 5.41) is 5.66. The highest BCUT2D eigenvalue weighted by molar-refractivity contribution is 7.13. The number of aromatic nitrogens is 2. The predicted molar refractivity (Wildman–Crippen MR) is 71.1 cm³/mol.